The van der Waals surface area contributed by atoms with E-state index in [1.54, 1.807) is 35.9 Å². The van der Waals surface area contributed by atoms with Crippen LogP contribution in [0.3, 0.4) is 0 Å². The molecule has 7 heteroatoms. The molecule has 1 saturated carbocycles. The summed E-state index contributed by atoms with van der Waals surface area (Å²) in [7, 11) is 1.17. The summed E-state index contributed by atoms with van der Waals surface area (Å²) >= 11 is 0. The largest absolute Gasteiger partial charge is 0.354 e. The molecule has 0 spiro atoms. The van der Waals surface area contributed by atoms with Crippen LogP contribution in [0.25, 0.3) is 5.57 Å². The number of hydrogen-bond donors (Lipinski definition) is 1. The standard InChI is InChI=1S/C28H35N3O3S/c1-18(20-8-10-22(11-9-20)35(4,33)34)12-27(32)29-15-19-13-24-23-6-5-7-25-28(23)21(17-31(25)3)14-26(24)30(2)16-19/h5-12,17,19,23-24,26,28H,13-16H2,1-4H3,(H,29,32)/b18-12+/t19-,23?,24+,26+,28?/m0/s1. The Balaban J connectivity index is 1.22. The molecule has 6 nitrogen and oxygen atoms in total. The van der Waals surface area contributed by atoms with E-state index in [2.05, 4.69) is 53.6 Å². The Labute approximate surface area is 209 Å². The lowest BCUT2D eigenvalue weighted by molar-refractivity contribution is -0.116. The van der Waals surface area contributed by atoms with Gasteiger partial charge in [0.05, 0.1) is 4.90 Å². The fourth-order valence-electron chi connectivity index (χ4n) is 6.58. The van der Waals surface area contributed by atoms with Crippen molar-refractivity contribution in [3.63, 3.8) is 0 Å². The highest BCUT2D eigenvalue weighted by atomic mass is 32.2. The Morgan fingerprint density at radius 1 is 1.20 bits per heavy atom. The van der Waals surface area contributed by atoms with Crippen LogP contribution in [0.1, 0.15) is 25.3 Å². The van der Waals surface area contributed by atoms with Crippen LogP contribution in [-0.2, 0) is 14.6 Å². The highest BCUT2D eigenvalue weighted by Crippen LogP contribution is 2.52. The van der Waals surface area contributed by atoms with Crippen LogP contribution in [0, 0.1) is 23.7 Å². The fourth-order valence-corrected chi connectivity index (χ4v) is 7.21. The molecule has 1 N–H and O–H groups in total. The summed E-state index contributed by atoms with van der Waals surface area (Å²) in [5, 5.41) is 3.13. The molecule has 4 aliphatic rings. The van der Waals surface area contributed by atoms with E-state index in [1.165, 1.54) is 12.0 Å². The van der Waals surface area contributed by atoms with E-state index in [0.29, 0.717) is 36.3 Å². The van der Waals surface area contributed by atoms with Gasteiger partial charge < -0.3 is 15.1 Å². The number of hydrogen-bond acceptors (Lipinski definition) is 5. The molecule has 2 heterocycles. The normalized spacial score (nSPS) is 30.3. The molecule has 35 heavy (non-hydrogen) atoms. The zero-order valence-corrected chi connectivity index (χ0v) is 21.8. The Kier molecular flexibility index (Phi) is 6.26. The SMILES string of the molecule is C/C(=C\C(=O)NC[C@@H]1C[C@@H]2C3C=CC=C4C3C(=CN4C)C[C@H]2N(C)C1)c1ccc(S(C)(=O)=O)cc1. The predicted octanol–water partition coefficient (Wildman–Crippen LogP) is 3.47. The molecule has 2 aliphatic heterocycles. The number of benzene rings is 1. The molecule has 0 bridgehead atoms. The van der Waals surface area contributed by atoms with Crippen LogP contribution < -0.4 is 5.32 Å². The van der Waals surface area contributed by atoms with Crippen molar-refractivity contribution in [1.82, 2.24) is 15.1 Å². The van der Waals surface area contributed by atoms with Gasteiger partial charge in [0.25, 0.3) is 0 Å². The van der Waals surface area contributed by atoms with E-state index in [1.807, 2.05) is 6.92 Å². The molecular weight excluding hydrogens is 458 g/mol. The van der Waals surface area contributed by atoms with Gasteiger partial charge >= 0.3 is 0 Å². The molecule has 2 unspecified atom stereocenters. The molecule has 2 aliphatic carbocycles. The number of fused-ring (bicyclic) bond motifs is 2. The summed E-state index contributed by atoms with van der Waals surface area (Å²) in [5.41, 5.74) is 4.65. The molecule has 1 saturated heterocycles. The number of sulfone groups is 1. The molecule has 1 amide bonds. The number of piperidine rings is 1. The lowest BCUT2D eigenvalue weighted by atomic mass is 9.61. The average Bonchev–Trinajstić information content (AvgIpc) is 3.14. The molecule has 5 atom stereocenters. The smallest absolute Gasteiger partial charge is 0.244 e. The Bertz CT molecular complexity index is 1240. The second kappa shape index (κ2) is 9.10. The topological polar surface area (TPSA) is 69.7 Å². The summed E-state index contributed by atoms with van der Waals surface area (Å²) in [6, 6.07) is 7.22. The van der Waals surface area contributed by atoms with Gasteiger partial charge in [-0.1, -0.05) is 24.3 Å². The average molecular weight is 494 g/mol. The van der Waals surface area contributed by atoms with E-state index in [0.717, 1.165) is 30.5 Å². The Hall–Kier alpha value is -2.64. The number of carbonyl (C=O) groups is 1. The highest BCUT2D eigenvalue weighted by molar-refractivity contribution is 7.90. The number of allylic oxidation sites excluding steroid dienone is 5. The van der Waals surface area contributed by atoms with Gasteiger partial charge in [-0.25, -0.2) is 8.42 Å². The third-order valence-corrected chi connectivity index (χ3v) is 9.40. The molecule has 0 aromatic heterocycles. The maximum Gasteiger partial charge on any atom is 0.244 e. The summed E-state index contributed by atoms with van der Waals surface area (Å²) in [4.78, 5) is 17.8. The van der Waals surface area contributed by atoms with Gasteiger partial charge in [0, 0.05) is 56.3 Å². The molecule has 1 aromatic rings. The number of nitrogens with zero attached hydrogens (tertiary/aromatic N) is 2. The van der Waals surface area contributed by atoms with E-state index < -0.39 is 9.84 Å². The van der Waals surface area contributed by atoms with Crippen LogP contribution >= 0.6 is 0 Å². The van der Waals surface area contributed by atoms with Crippen LogP contribution in [-0.4, -0.2) is 63.6 Å². The number of likely N-dealkylation sites (tertiary alicyclic amines) is 1. The first-order valence-electron chi connectivity index (χ1n) is 12.4. The van der Waals surface area contributed by atoms with Crippen molar-refractivity contribution in [3.05, 3.63) is 71.6 Å². The highest BCUT2D eigenvalue weighted by Gasteiger charge is 2.49. The molecule has 1 aromatic carbocycles. The minimum absolute atomic E-state index is 0.103. The van der Waals surface area contributed by atoms with E-state index in [9.17, 15) is 13.2 Å². The fraction of sp³-hybridized carbons (Fsp3) is 0.464. The van der Waals surface area contributed by atoms with Crippen molar-refractivity contribution in [1.29, 1.82) is 0 Å². The third-order valence-electron chi connectivity index (χ3n) is 8.27. The van der Waals surface area contributed by atoms with E-state index >= 15 is 0 Å². The Morgan fingerprint density at radius 3 is 2.66 bits per heavy atom. The van der Waals surface area contributed by atoms with Crippen LogP contribution in [0.5, 0.6) is 0 Å². The summed E-state index contributed by atoms with van der Waals surface area (Å²) < 4.78 is 23.3. The number of amides is 1. The van der Waals surface area contributed by atoms with Crippen molar-refractivity contribution in [2.45, 2.75) is 30.7 Å². The van der Waals surface area contributed by atoms with Crippen molar-refractivity contribution < 1.29 is 13.2 Å². The number of carbonyl (C=O) groups excluding carboxylic acids is 1. The lowest BCUT2D eigenvalue weighted by Crippen LogP contribution is -2.54. The minimum atomic E-state index is -3.23. The zero-order valence-electron chi connectivity index (χ0n) is 20.9. The monoisotopic (exact) mass is 493 g/mol. The van der Waals surface area contributed by atoms with Crippen molar-refractivity contribution in [3.8, 4) is 0 Å². The van der Waals surface area contributed by atoms with Gasteiger partial charge in [-0.3, -0.25) is 4.79 Å². The van der Waals surface area contributed by atoms with E-state index in [-0.39, 0.29) is 10.8 Å². The number of rotatable bonds is 5. The van der Waals surface area contributed by atoms with Crippen LogP contribution in [0.2, 0.25) is 0 Å². The van der Waals surface area contributed by atoms with Gasteiger partial charge in [0.2, 0.25) is 5.91 Å². The van der Waals surface area contributed by atoms with Gasteiger partial charge in [0.1, 0.15) is 0 Å². The van der Waals surface area contributed by atoms with Gasteiger partial charge in [-0.15, -0.1) is 0 Å². The zero-order chi connectivity index (χ0) is 24.9. The van der Waals surface area contributed by atoms with E-state index in [4.69, 9.17) is 0 Å². The second-order valence-electron chi connectivity index (χ2n) is 10.7. The Morgan fingerprint density at radius 2 is 1.94 bits per heavy atom. The van der Waals surface area contributed by atoms with Crippen molar-refractivity contribution >= 4 is 21.3 Å². The third kappa shape index (κ3) is 4.64. The van der Waals surface area contributed by atoms with Gasteiger partial charge in [0.15, 0.2) is 9.84 Å². The molecule has 0 radical (unpaired) electrons. The van der Waals surface area contributed by atoms with Gasteiger partial charge in [-0.05, 0) is 79.5 Å². The maximum atomic E-state index is 12.7. The summed E-state index contributed by atoms with van der Waals surface area (Å²) in [5.74, 6) is 1.96. The number of nitrogens with one attached hydrogen (secondary N) is 1. The van der Waals surface area contributed by atoms with Gasteiger partial charge in [-0.2, -0.15) is 0 Å². The van der Waals surface area contributed by atoms with Crippen LogP contribution in [0.15, 0.2) is 70.9 Å². The first-order chi connectivity index (χ1) is 16.6. The molecule has 5 rings (SSSR count). The minimum Gasteiger partial charge on any atom is -0.354 e. The summed E-state index contributed by atoms with van der Waals surface area (Å²) in [6.45, 7) is 3.53. The quantitative estimate of drug-likeness (QED) is 0.636. The lowest BCUT2D eigenvalue weighted by Gasteiger charge is -2.51. The first-order valence-corrected chi connectivity index (χ1v) is 14.3. The first kappa shape index (κ1) is 24.1. The summed E-state index contributed by atoms with van der Waals surface area (Å²) in [6.07, 6.45) is 14.3. The molecule has 186 valence electrons. The predicted molar refractivity (Wildman–Crippen MR) is 139 cm³/mol. The van der Waals surface area contributed by atoms with Crippen molar-refractivity contribution in [2.75, 3.05) is 33.4 Å². The second-order valence-corrected chi connectivity index (χ2v) is 12.7. The maximum absolute atomic E-state index is 12.7. The van der Waals surface area contributed by atoms with Crippen molar-refractivity contribution in [2.24, 2.45) is 23.7 Å². The van der Waals surface area contributed by atoms with Crippen LogP contribution in [0.4, 0.5) is 0 Å². The molecular formula is C28H35N3O3S. The molecule has 2 fully saturated rings.